The van der Waals surface area contributed by atoms with Gasteiger partial charge in [0.1, 0.15) is 11.4 Å². The molecule has 0 radical (unpaired) electrons. The molecule has 29 heavy (non-hydrogen) atoms. The topological polar surface area (TPSA) is 98.4 Å². The second-order valence-electron chi connectivity index (χ2n) is 7.89. The summed E-state index contributed by atoms with van der Waals surface area (Å²) in [4.78, 5) is 26.0. The van der Waals surface area contributed by atoms with E-state index >= 15 is 0 Å². The van der Waals surface area contributed by atoms with Crippen molar-refractivity contribution in [2.75, 3.05) is 25.0 Å². The lowest BCUT2D eigenvalue weighted by molar-refractivity contribution is 0.0695. The molecule has 2 N–H and O–H groups in total. The number of pyridine rings is 1. The van der Waals surface area contributed by atoms with Gasteiger partial charge in [-0.15, -0.1) is 0 Å². The van der Waals surface area contributed by atoms with E-state index < -0.39 is 17.2 Å². The number of fused-ring (bicyclic) bond motifs is 1. The predicted octanol–water partition coefficient (Wildman–Crippen LogP) is 2.50. The number of carboxylic acid groups (broad SMARTS) is 1. The van der Waals surface area contributed by atoms with Gasteiger partial charge >= 0.3 is 5.97 Å². The molecule has 0 bridgehead atoms. The molecule has 0 unspecified atom stereocenters. The second kappa shape index (κ2) is 7.48. The van der Waals surface area contributed by atoms with E-state index in [1.165, 1.54) is 12.3 Å². The molecule has 1 saturated heterocycles. The van der Waals surface area contributed by atoms with E-state index in [9.17, 15) is 19.1 Å². The van der Waals surface area contributed by atoms with Crippen LogP contribution in [0.1, 0.15) is 42.1 Å². The maximum atomic E-state index is 15.0. The smallest absolute Gasteiger partial charge is 0.341 e. The number of nitrogens with zero attached hydrogens (tertiary/aromatic N) is 3. The lowest BCUT2D eigenvalue weighted by Gasteiger charge is -2.24. The quantitative estimate of drug-likeness (QED) is 0.776. The number of rotatable bonds is 6. The number of hydrogen-bond donors (Lipinski definition) is 2. The lowest BCUT2D eigenvalue weighted by Crippen LogP contribution is -2.35. The number of hydrogen-bond acceptors (Lipinski definition) is 5. The van der Waals surface area contributed by atoms with Crippen molar-refractivity contribution in [2.24, 2.45) is 5.92 Å². The summed E-state index contributed by atoms with van der Waals surface area (Å²) in [6, 6.07) is 5.24. The van der Waals surface area contributed by atoms with Gasteiger partial charge in [-0.05, 0) is 44.4 Å². The molecule has 0 spiro atoms. The van der Waals surface area contributed by atoms with Gasteiger partial charge in [-0.3, -0.25) is 4.79 Å². The molecule has 1 saturated carbocycles. The highest BCUT2D eigenvalue weighted by Crippen LogP contribution is 2.38. The van der Waals surface area contributed by atoms with Crippen molar-refractivity contribution in [2.45, 2.75) is 37.8 Å². The van der Waals surface area contributed by atoms with Crippen molar-refractivity contribution in [3.05, 3.63) is 39.9 Å². The van der Waals surface area contributed by atoms with E-state index in [1.54, 1.807) is 6.07 Å². The fourth-order valence-corrected chi connectivity index (χ4v) is 4.35. The van der Waals surface area contributed by atoms with Gasteiger partial charge in [0.2, 0.25) is 5.43 Å². The predicted molar refractivity (Wildman–Crippen MR) is 107 cm³/mol. The van der Waals surface area contributed by atoms with E-state index in [-0.39, 0.29) is 29.0 Å². The van der Waals surface area contributed by atoms with Crippen molar-refractivity contribution in [3.8, 4) is 6.07 Å². The highest BCUT2D eigenvalue weighted by Gasteiger charge is 2.32. The third-order valence-electron chi connectivity index (χ3n) is 6.09. The Morgan fingerprint density at radius 1 is 1.41 bits per heavy atom. The van der Waals surface area contributed by atoms with Crippen LogP contribution >= 0.6 is 0 Å². The number of nitriles is 1. The number of aromatic nitrogens is 1. The van der Waals surface area contributed by atoms with Crippen LogP contribution in [0.2, 0.25) is 0 Å². The Balaban J connectivity index is 1.76. The molecule has 4 rings (SSSR count). The summed E-state index contributed by atoms with van der Waals surface area (Å²) >= 11 is 0. The zero-order valence-electron chi connectivity index (χ0n) is 16.2. The Morgan fingerprint density at radius 3 is 2.79 bits per heavy atom. The van der Waals surface area contributed by atoms with Crippen LogP contribution in [-0.4, -0.2) is 41.8 Å². The number of nitrogens with one attached hydrogen (secondary N) is 1. The van der Waals surface area contributed by atoms with Gasteiger partial charge in [0, 0.05) is 36.8 Å². The van der Waals surface area contributed by atoms with Gasteiger partial charge in [-0.2, -0.15) is 5.26 Å². The first-order valence-corrected chi connectivity index (χ1v) is 9.85. The summed E-state index contributed by atoms with van der Waals surface area (Å²) in [5, 5.41) is 21.6. The Morgan fingerprint density at radius 2 is 2.17 bits per heavy atom. The van der Waals surface area contributed by atoms with E-state index in [4.69, 9.17) is 5.26 Å². The summed E-state index contributed by atoms with van der Waals surface area (Å²) in [7, 11) is 1.83. The molecule has 1 aromatic heterocycles. The van der Waals surface area contributed by atoms with Crippen molar-refractivity contribution in [1.29, 1.82) is 5.26 Å². The van der Waals surface area contributed by atoms with E-state index in [0.717, 1.165) is 19.3 Å². The van der Waals surface area contributed by atoms with Crippen LogP contribution in [0.15, 0.2) is 23.1 Å². The summed E-state index contributed by atoms with van der Waals surface area (Å²) in [5.41, 5.74) is 0.0118. The number of benzene rings is 1. The number of carbonyl (C=O) groups is 1. The molecule has 1 aliphatic heterocycles. The van der Waals surface area contributed by atoms with E-state index in [2.05, 4.69) is 11.4 Å². The van der Waals surface area contributed by atoms with Crippen molar-refractivity contribution >= 4 is 22.6 Å². The monoisotopic (exact) mass is 398 g/mol. The third-order valence-corrected chi connectivity index (χ3v) is 6.09. The normalized spacial score (nSPS) is 20.0. The van der Waals surface area contributed by atoms with Crippen LogP contribution in [-0.2, 0) is 0 Å². The Hall–Kier alpha value is -2.92. The maximum absolute atomic E-state index is 15.0. The number of anilines is 1. The summed E-state index contributed by atoms with van der Waals surface area (Å²) < 4.78 is 16.8. The van der Waals surface area contributed by atoms with Gasteiger partial charge in [0.25, 0.3) is 0 Å². The second-order valence-corrected chi connectivity index (χ2v) is 7.89. The lowest BCUT2D eigenvalue weighted by atomic mass is 9.97. The Labute approximate surface area is 167 Å². The van der Waals surface area contributed by atoms with Crippen LogP contribution < -0.4 is 15.6 Å². The molecule has 8 heteroatoms. The van der Waals surface area contributed by atoms with Crippen LogP contribution in [0.5, 0.6) is 0 Å². The third kappa shape index (κ3) is 3.47. The van der Waals surface area contributed by atoms with Gasteiger partial charge < -0.3 is 19.9 Å². The maximum Gasteiger partial charge on any atom is 0.341 e. The largest absolute Gasteiger partial charge is 0.477 e. The standard InChI is InChI=1S/C21H23FN4O3/c1-24-17(4-6-23)12-5-7-25(10-12)19-9-18-14(8-16(19)22)20(27)15(21(28)29)11-26(18)13-2-3-13/h8-9,11-13,17,24H,2-5,7,10H2,1H3,(H,28,29)/t12-,17+/m1/s1. The number of aromatic carboxylic acids is 1. The molecular formula is C21H23FN4O3. The Bertz CT molecular complexity index is 1070. The Kier molecular flexibility index (Phi) is 5.01. The summed E-state index contributed by atoms with van der Waals surface area (Å²) in [6.07, 6.45) is 4.45. The zero-order chi connectivity index (χ0) is 20.7. The van der Waals surface area contributed by atoms with E-state index in [1.807, 2.05) is 16.5 Å². The number of halogens is 1. The summed E-state index contributed by atoms with van der Waals surface area (Å²) in [6.45, 7) is 1.29. The fraction of sp³-hybridized carbons (Fsp3) is 0.476. The molecule has 2 heterocycles. The van der Waals surface area contributed by atoms with Crippen molar-refractivity contribution in [1.82, 2.24) is 9.88 Å². The SMILES string of the molecule is CN[C@@H](CC#N)[C@@H]1CCN(c2cc3c(cc2F)c(=O)c(C(=O)O)cn3C2CC2)C1. The van der Waals surface area contributed by atoms with Crippen molar-refractivity contribution in [3.63, 3.8) is 0 Å². The van der Waals surface area contributed by atoms with Crippen molar-refractivity contribution < 1.29 is 14.3 Å². The molecule has 2 atom stereocenters. The molecule has 1 aromatic carbocycles. The van der Waals surface area contributed by atoms with E-state index in [0.29, 0.717) is 30.7 Å². The molecule has 1 aliphatic carbocycles. The number of carboxylic acids is 1. The highest BCUT2D eigenvalue weighted by atomic mass is 19.1. The zero-order valence-corrected chi connectivity index (χ0v) is 16.2. The molecule has 2 fully saturated rings. The average molecular weight is 398 g/mol. The molecule has 0 amide bonds. The fourth-order valence-electron chi connectivity index (χ4n) is 4.35. The van der Waals surface area contributed by atoms with Crippen LogP contribution in [0.4, 0.5) is 10.1 Å². The highest BCUT2D eigenvalue weighted by molar-refractivity contribution is 5.93. The minimum Gasteiger partial charge on any atom is -0.477 e. The van der Waals surface area contributed by atoms with Gasteiger partial charge in [0.05, 0.1) is 23.7 Å². The van der Waals surface area contributed by atoms with Gasteiger partial charge in [0.15, 0.2) is 0 Å². The molecule has 7 nitrogen and oxygen atoms in total. The van der Waals surface area contributed by atoms with Crippen LogP contribution in [0.25, 0.3) is 10.9 Å². The first-order chi connectivity index (χ1) is 13.9. The average Bonchev–Trinajstić information content (AvgIpc) is 3.43. The molecule has 2 aliphatic rings. The van der Waals surface area contributed by atoms with Crippen LogP contribution in [0.3, 0.4) is 0 Å². The molecule has 2 aromatic rings. The minimum atomic E-state index is -1.30. The summed E-state index contributed by atoms with van der Waals surface area (Å²) in [5.74, 6) is -1.59. The molecular weight excluding hydrogens is 375 g/mol. The van der Waals surface area contributed by atoms with Crippen LogP contribution in [0, 0.1) is 23.1 Å². The molecule has 152 valence electrons. The van der Waals surface area contributed by atoms with Gasteiger partial charge in [-0.1, -0.05) is 0 Å². The first-order valence-electron chi connectivity index (χ1n) is 9.85. The minimum absolute atomic E-state index is 0.0521. The van der Waals surface area contributed by atoms with Gasteiger partial charge in [-0.25, -0.2) is 9.18 Å². The first kappa shape index (κ1) is 19.4.